The molecule has 0 saturated heterocycles. The quantitative estimate of drug-likeness (QED) is 0.508. The lowest BCUT2D eigenvalue weighted by atomic mass is 10.0. The molecule has 0 saturated carbocycles. The van der Waals surface area contributed by atoms with E-state index in [0.29, 0.717) is 5.84 Å². The minimum atomic E-state index is 0.249. The van der Waals surface area contributed by atoms with Crippen molar-refractivity contribution in [2.75, 3.05) is 5.88 Å². The van der Waals surface area contributed by atoms with Crippen molar-refractivity contribution in [1.29, 1.82) is 0 Å². The molecular weight excluding hydrogens is 256 g/mol. The largest absolute Gasteiger partial charge is 0.386 e. The number of amidine groups is 1. The molecule has 0 amide bonds. The van der Waals surface area contributed by atoms with Crippen LogP contribution in [0.5, 0.6) is 0 Å². The number of hydrogen-bond donors (Lipinski definition) is 1. The lowest BCUT2D eigenvalue weighted by Gasteiger charge is -2.06. The monoisotopic (exact) mass is 272 g/mol. The second-order valence-corrected chi connectivity index (χ2v) is 4.85. The van der Waals surface area contributed by atoms with Crippen molar-refractivity contribution in [1.82, 2.24) is 0 Å². The summed E-state index contributed by atoms with van der Waals surface area (Å²) < 4.78 is 0. The van der Waals surface area contributed by atoms with E-state index < -0.39 is 0 Å². The summed E-state index contributed by atoms with van der Waals surface area (Å²) in [6.45, 7) is 4.24. The molecule has 0 heterocycles. The molecule has 3 heteroatoms. The van der Waals surface area contributed by atoms with Crippen LogP contribution in [0.15, 0.2) is 47.5 Å². The molecule has 2 aromatic rings. The van der Waals surface area contributed by atoms with Gasteiger partial charge in [0.25, 0.3) is 0 Å². The first-order chi connectivity index (χ1) is 9.10. The van der Waals surface area contributed by atoms with Crippen LogP contribution in [-0.4, -0.2) is 11.7 Å². The van der Waals surface area contributed by atoms with Crippen molar-refractivity contribution in [2.24, 2.45) is 10.7 Å². The first-order valence-corrected chi connectivity index (χ1v) is 6.70. The number of aliphatic imine (C=N–C) groups is 1. The molecule has 0 aliphatic carbocycles. The van der Waals surface area contributed by atoms with Crippen molar-refractivity contribution in [3.8, 4) is 11.1 Å². The SMILES string of the molecule is Cc1ccc(-c2ccc(N=C(N)CCl)cc2)cc1C. The first-order valence-electron chi connectivity index (χ1n) is 6.17. The van der Waals surface area contributed by atoms with E-state index in [9.17, 15) is 0 Å². The van der Waals surface area contributed by atoms with Gasteiger partial charge in [-0.1, -0.05) is 30.3 Å². The van der Waals surface area contributed by atoms with Crippen LogP contribution in [0.25, 0.3) is 11.1 Å². The maximum atomic E-state index is 5.61. The van der Waals surface area contributed by atoms with Gasteiger partial charge in [0.05, 0.1) is 11.6 Å². The minimum absolute atomic E-state index is 0.249. The van der Waals surface area contributed by atoms with Crippen molar-refractivity contribution in [2.45, 2.75) is 13.8 Å². The maximum Gasteiger partial charge on any atom is 0.115 e. The fourth-order valence-corrected chi connectivity index (χ4v) is 1.90. The Labute approximate surface area is 118 Å². The molecule has 0 fully saturated rings. The number of nitrogens with zero attached hydrogens (tertiary/aromatic N) is 1. The molecule has 19 heavy (non-hydrogen) atoms. The normalized spacial score (nSPS) is 11.6. The lowest BCUT2D eigenvalue weighted by molar-refractivity contribution is 1.34. The first kappa shape index (κ1) is 13.6. The van der Waals surface area contributed by atoms with Crippen LogP contribution in [0.2, 0.25) is 0 Å². The highest BCUT2D eigenvalue weighted by Crippen LogP contribution is 2.24. The topological polar surface area (TPSA) is 38.4 Å². The number of alkyl halides is 1. The number of halogens is 1. The Morgan fingerprint density at radius 3 is 2.21 bits per heavy atom. The number of aryl methyl sites for hydroxylation is 2. The van der Waals surface area contributed by atoms with Crippen LogP contribution in [0.3, 0.4) is 0 Å². The minimum Gasteiger partial charge on any atom is -0.386 e. The van der Waals surface area contributed by atoms with Crippen molar-refractivity contribution in [3.05, 3.63) is 53.6 Å². The van der Waals surface area contributed by atoms with Gasteiger partial charge in [-0.25, -0.2) is 4.99 Å². The van der Waals surface area contributed by atoms with E-state index in [1.165, 1.54) is 22.3 Å². The van der Waals surface area contributed by atoms with Gasteiger partial charge in [-0.05, 0) is 48.2 Å². The lowest BCUT2D eigenvalue weighted by Crippen LogP contribution is -2.12. The summed E-state index contributed by atoms with van der Waals surface area (Å²) in [5.41, 5.74) is 11.4. The standard InChI is InChI=1S/C16H17ClN2/c1-11-3-4-14(9-12(11)2)13-5-7-15(8-6-13)19-16(18)10-17/h3-9H,10H2,1-2H3,(H2,18,19). The van der Waals surface area contributed by atoms with Gasteiger partial charge in [-0.2, -0.15) is 0 Å². The number of benzene rings is 2. The molecule has 0 radical (unpaired) electrons. The van der Waals surface area contributed by atoms with E-state index >= 15 is 0 Å². The second kappa shape index (κ2) is 5.89. The molecule has 2 rings (SSSR count). The third-order valence-corrected chi connectivity index (χ3v) is 3.39. The van der Waals surface area contributed by atoms with Crippen molar-refractivity contribution < 1.29 is 0 Å². The highest BCUT2D eigenvalue weighted by molar-refractivity contribution is 6.28. The summed E-state index contributed by atoms with van der Waals surface area (Å²) in [7, 11) is 0. The summed E-state index contributed by atoms with van der Waals surface area (Å²) in [6, 6.07) is 14.5. The Kier molecular flexibility index (Phi) is 4.23. The van der Waals surface area contributed by atoms with E-state index in [2.05, 4.69) is 37.0 Å². The molecule has 2 nitrogen and oxygen atoms in total. The molecule has 98 valence electrons. The Bertz CT molecular complexity index is 601. The zero-order valence-electron chi connectivity index (χ0n) is 11.2. The fraction of sp³-hybridized carbons (Fsp3) is 0.188. The third-order valence-electron chi connectivity index (χ3n) is 3.12. The van der Waals surface area contributed by atoms with Crippen LogP contribution in [0.4, 0.5) is 5.69 Å². The zero-order valence-corrected chi connectivity index (χ0v) is 11.9. The highest BCUT2D eigenvalue weighted by Gasteiger charge is 2.00. The van der Waals surface area contributed by atoms with Crippen LogP contribution < -0.4 is 5.73 Å². The van der Waals surface area contributed by atoms with Gasteiger partial charge in [0.15, 0.2) is 0 Å². The van der Waals surface area contributed by atoms with E-state index in [4.69, 9.17) is 17.3 Å². The van der Waals surface area contributed by atoms with Gasteiger partial charge >= 0.3 is 0 Å². The van der Waals surface area contributed by atoms with Gasteiger partial charge in [0.1, 0.15) is 5.84 Å². The molecule has 0 bridgehead atoms. The molecular formula is C16H17ClN2. The Morgan fingerprint density at radius 2 is 1.63 bits per heavy atom. The molecule has 0 aliphatic rings. The van der Waals surface area contributed by atoms with E-state index in [0.717, 1.165) is 5.69 Å². The summed E-state index contributed by atoms with van der Waals surface area (Å²) in [5.74, 6) is 0.680. The third kappa shape index (κ3) is 3.36. The molecule has 0 atom stereocenters. The Morgan fingerprint density at radius 1 is 1.00 bits per heavy atom. The highest BCUT2D eigenvalue weighted by atomic mass is 35.5. The average molecular weight is 273 g/mol. The van der Waals surface area contributed by atoms with Crippen molar-refractivity contribution in [3.63, 3.8) is 0 Å². The zero-order chi connectivity index (χ0) is 13.8. The van der Waals surface area contributed by atoms with Crippen LogP contribution in [0.1, 0.15) is 11.1 Å². The fourth-order valence-electron chi connectivity index (χ4n) is 1.85. The predicted octanol–water partition coefficient (Wildman–Crippen LogP) is 4.20. The molecule has 0 aliphatic heterocycles. The number of nitrogens with two attached hydrogens (primary N) is 1. The van der Waals surface area contributed by atoms with Crippen molar-refractivity contribution >= 4 is 23.1 Å². The second-order valence-electron chi connectivity index (χ2n) is 4.58. The Hall–Kier alpha value is -1.80. The summed E-state index contributed by atoms with van der Waals surface area (Å²) in [4.78, 5) is 4.21. The van der Waals surface area contributed by atoms with E-state index in [1.807, 2.05) is 24.3 Å². The summed E-state index contributed by atoms with van der Waals surface area (Å²) in [5, 5.41) is 0. The van der Waals surface area contributed by atoms with Crippen LogP contribution in [0, 0.1) is 13.8 Å². The molecule has 2 N–H and O–H groups in total. The van der Waals surface area contributed by atoms with Gasteiger partial charge in [0.2, 0.25) is 0 Å². The molecule has 2 aromatic carbocycles. The predicted molar refractivity (Wildman–Crippen MR) is 83.4 cm³/mol. The van der Waals surface area contributed by atoms with Crippen LogP contribution >= 0.6 is 11.6 Å². The summed E-state index contributed by atoms with van der Waals surface area (Å²) >= 11 is 5.61. The number of rotatable bonds is 3. The smallest absolute Gasteiger partial charge is 0.115 e. The van der Waals surface area contributed by atoms with Gasteiger partial charge in [-0.3, -0.25) is 0 Å². The molecule has 0 aromatic heterocycles. The molecule has 0 unspecified atom stereocenters. The van der Waals surface area contributed by atoms with Gasteiger partial charge < -0.3 is 5.73 Å². The molecule has 0 spiro atoms. The average Bonchev–Trinajstić information content (AvgIpc) is 2.42. The Balaban J connectivity index is 2.29. The van der Waals surface area contributed by atoms with Gasteiger partial charge in [-0.15, -0.1) is 11.6 Å². The van der Waals surface area contributed by atoms with Crippen LogP contribution in [-0.2, 0) is 0 Å². The number of hydrogen-bond acceptors (Lipinski definition) is 1. The maximum absolute atomic E-state index is 5.61. The van der Waals surface area contributed by atoms with E-state index in [1.54, 1.807) is 0 Å². The van der Waals surface area contributed by atoms with E-state index in [-0.39, 0.29) is 5.88 Å². The van der Waals surface area contributed by atoms with Gasteiger partial charge in [0, 0.05) is 0 Å². The summed E-state index contributed by atoms with van der Waals surface area (Å²) in [6.07, 6.45) is 0.